The number of hydrogen-bond acceptors (Lipinski definition) is 2. The van der Waals surface area contributed by atoms with E-state index in [0.29, 0.717) is 5.92 Å². The number of hydrogen-bond donors (Lipinski definition) is 2. The smallest absolute Gasteiger partial charge is 0.310 e. The van der Waals surface area contributed by atoms with Gasteiger partial charge in [-0.15, -0.1) is 0 Å². The number of carboxylic acids is 1. The van der Waals surface area contributed by atoms with Gasteiger partial charge in [0.2, 0.25) is 5.91 Å². The molecule has 3 unspecified atom stereocenters. The molecular weight excluding hydrogens is 254 g/mol. The summed E-state index contributed by atoms with van der Waals surface area (Å²) in [6, 6.07) is 0.204. The average Bonchev–Trinajstić information content (AvgIpc) is 2.54. The number of carboxylic acid groups (broad SMARTS) is 1. The van der Waals surface area contributed by atoms with E-state index in [9.17, 15) is 14.7 Å². The summed E-state index contributed by atoms with van der Waals surface area (Å²) >= 11 is 0. The lowest BCUT2D eigenvalue weighted by atomic mass is 9.76. The molecule has 0 heterocycles. The van der Waals surface area contributed by atoms with Crippen molar-refractivity contribution >= 4 is 11.9 Å². The van der Waals surface area contributed by atoms with Crippen LogP contribution in [0.5, 0.6) is 0 Å². The molecule has 0 spiro atoms. The molecule has 0 bridgehead atoms. The van der Waals surface area contributed by atoms with Crippen LogP contribution in [-0.4, -0.2) is 23.0 Å². The zero-order valence-electron chi connectivity index (χ0n) is 13.2. The fraction of sp³-hybridized carbons (Fsp3) is 0.875. The maximum atomic E-state index is 12.2. The normalized spacial score (nSPS) is 26.6. The molecule has 1 fully saturated rings. The van der Waals surface area contributed by atoms with E-state index >= 15 is 0 Å². The Morgan fingerprint density at radius 3 is 2.40 bits per heavy atom. The van der Waals surface area contributed by atoms with E-state index in [0.717, 1.165) is 19.3 Å². The Bertz CT molecular complexity index is 354. The van der Waals surface area contributed by atoms with Gasteiger partial charge in [0.05, 0.1) is 5.41 Å². The van der Waals surface area contributed by atoms with Crippen molar-refractivity contribution < 1.29 is 14.7 Å². The summed E-state index contributed by atoms with van der Waals surface area (Å²) in [5.41, 5.74) is -0.988. The van der Waals surface area contributed by atoms with E-state index in [4.69, 9.17) is 0 Å². The second kappa shape index (κ2) is 7.09. The van der Waals surface area contributed by atoms with Crippen LogP contribution in [0, 0.1) is 17.3 Å². The van der Waals surface area contributed by atoms with Crippen LogP contribution in [-0.2, 0) is 9.59 Å². The van der Waals surface area contributed by atoms with Crippen LogP contribution in [0.2, 0.25) is 0 Å². The molecule has 116 valence electrons. The average molecular weight is 283 g/mol. The van der Waals surface area contributed by atoms with Crippen LogP contribution in [0.15, 0.2) is 0 Å². The lowest BCUT2D eigenvalue weighted by Crippen LogP contribution is -2.44. The second-order valence-electron chi connectivity index (χ2n) is 6.84. The van der Waals surface area contributed by atoms with Crippen molar-refractivity contribution in [3.63, 3.8) is 0 Å². The second-order valence-corrected chi connectivity index (χ2v) is 6.84. The predicted octanol–water partition coefficient (Wildman–Crippen LogP) is 3.21. The van der Waals surface area contributed by atoms with E-state index in [1.807, 2.05) is 13.8 Å². The molecule has 3 atom stereocenters. The van der Waals surface area contributed by atoms with E-state index in [1.54, 1.807) is 6.92 Å². The maximum absolute atomic E-state index is 12.2. The molecule has 0 radical (unpaired) electrons. The van der Waals surface area contributed by atoms with Crippen molar-refractivity contribution in [1.29, 1.82) is 0 Å². The third kappa shape index (κ3) is 4.22. The summed E-state index contributed by atoms with van der Waals surface area (Å²) in [5.74, 6) is -0.604. The van der Waals surface area contributed by atoms with Gasteiger partial charge in [0.1, 0.15) is 0 Å². The number of carbonyl (C=O) groups excluding carboxylic acids is 1. The lowest BCUT2D eigenvalue weighted by Gasteiger charge is -2.30. The molecule has 0 aliphatic heterocycles. The van der Waals surface area contributed by atoms with Crippen molar-refractivity contribution in [3.8, 4) is 0 Å². The summed E-state index contributed by atoms with van der Waals surface area (Å²) in [7, 11) is 0. The number of aliphatic carboxylic acids is 1. The van der Waals surface area contributed by atoms with Gasteiger partial charge in [-0.25, -0.2) is 0 Å². The van der Waals surface area contributed by atoms with Crippen molar-refractivity contribution in [1.82, 2.24) is 5.32 Å². The van der Waals surface area contributed by atoms with Gasteiger partial charge in [-0.1, -0.05) is 40.0 Å². The highest BCUT2D eigenvalue weighted by atomic mass is 16.4. The van der Waals surface area contributed by atoms with Crippen molar-refractivity contribution in [2.24, 2.45) is 17.3 Å². The number of amides is 1. The molecule has 1 aliphatic rings. The third-order valence-electron chi connectivity index (χ3n) is 5.00. The SMILES string of the molecule is CC1CCCCCC1NC(=O)CC(C)(C(=O)O)C(C)C. The molecule has 20 heavy (non-hydrogen) atoms. The highest BCUT2D eigenvalue weighted by Gasteiger charge is 2.39. The Kier molecular flexibility index (Phi) is 6.03. The summed E-state index contributed by atoms with van der Waals surface area (Å²) in [4.78, 5) is 23.6. The first-order chi connectivity index (χ1) is 9.27. The third-order valence-corrected chi connectivity index (χ3v) is 5.00. The molecule has 0 saturated heterocycles. The highest BCUT2D eigenvalue weighted by Crippen LogP contribution is 2.32. The molecule has 0 aromatic rings. The zero-order valence-corrected chi connectivity index (χ0v) is 13.2. The minimum absolute atomic E-state index is 0.0587. The van der Waals surface area contributed by atoms with Gasteiger partial charge in [-0.05, 0) is 31.6 Å². The molecule has 1 amide bonds. The van der Waals surface area contributed by atoms with Gasteiger partial charge in [0, 0.05) is 12.5 Å². The zero-order chi connectivity index (χ0) is 15.3. The predicted molar refractivity (Wildman–Crippen MR) is 79.4 cm³/mol. The van der Waals surface area contributed by atoms with Crippen molar-refractivity contribution in [3.05, 3.63) is 0 Å². The first kappa shape index (κ1) is 17.0. The summed E-state index contributed by atoms with van der Waals surface area (Å²) in [5, 5.41) is 12.4. The molecule has 4 nitrogen and oxygen atoms in total. The monoisotopic (exact) mass is 283 g/mol. The van der Waals surface area contributed by atoms with Gasteiger partial charge in [0.15, 0.2) is 0 Å². The minimum Gasteiger partial charge on any atom is -0.481 e. The van der Waals surface area contributed by atoms with Crippen LogP contribution < -0.4 is 5.32 Å². The molecule has 0 aromatic carbocycles. The van der Waals surface area contributed by atoms with Crippen LogP contribution in [0.3, 0.4) is 0 Å². The van der Waals surface area contributed by atoms with Crippen LogP contribution in [0.4, 0.5) is 0 Å². The van der Waals surface area contributed by atoms with Crippen molar-refractivity contribution in [2.45, 2.75) is 72.3 Å². The van der Waals surface area contributed by atoms with E-state index in [-0.39, 0.29) is 24.3 Å². The fourth-order valence-electron chi connectivity index (χ4n) is 2.83. The molecule has 2 N–H and O–H groups in total. The fourth-order valence-corrected chi connectivity index (χ4v) is 2.83. The van der Waals surface area contributed by atoms with E-state index < -0.39 is 11.4 Å². The van der Waals surface area contributed by atoms with E-state index in [1.165, 1.54) is 12.8 Å². The standard InChI is InChI=1S/C16H29NO3/c1-11(2)16(4,15(19)20)10-14(18)17-13-9-7-5-6-8-12(13)3/h11-13H,5-10H2,1-4H3,(H,17,18)(H,19,20). The molecule has 1 saturated carbocycles. The molecule has 1 aliphatic carbocycles. The molecule has 0 aromatic heterocycles. The minimum atomic E-state index is -0.988. The van der Waals surface area contributed by atoms with Crippen molar-refractivity contribution in [2.75, 3.05) is 0 Å². The Morgan fingerprint density at radius 2 is 1.85 bits per heavy atom. The largest absolute Gasteiger partial charge is 0.481 e. The van der Waals surface area contributed by atoms with Crippen LogP contribution in [0.25, 0.3) is 0 Å². The number of carbonyl (C=O) groups is 2. The first-order valence-electron chi connectivity index (χ1n) is 7.80. The van der Waals surface area contributed by atoms with Gasteiger partial charge < -0.3 is 10.4 Å². The topological polar surface area (TPSA) is 66.4 Å². The highest BCUT2D eigenvalue weighted by molar-refractivity contribution is 5.85. The Labute approximate surface area is 122 Å². The quantitative estimate of drug-likeness (QED) is 0.761. The van der Waals surface area contributed by atoms with Crippen LogP contribution >= 0.6 is 0 Å². The number of rotatable bonds is 5. The Hall–Kier alpha value is -1.06. The summed E-state index contributed by atoms with van der Waals surface area (Å²) < 4.78 is 0. The molecular formula is C16H29NO3. The van der Waals surface area contributed by atoms with Gasteiger partial charge in [-0.2, -0.15) is 0 Å². The summed E-state index contributed by atoms with van der Waals surface area (Å²) in [6.07, 6.45) is 5.82. The van der Waals surface area contributed by atoms with Gasteiger partial charge in [-0.3, -0.25) is 9.59 Å². The first-order valence-corrected chi connectivity index (χ1v) is 7.80. The maximum Gasteiger partial charge on any atom is 0.310 e. The van der Waals surface area contributed by atoms with Gasteiger partial charge >= 0.3 is 5.97 Å². The summed E-state index contributed by atoms with van der Waals surface area (Å²) in [6.45, 7) is 7.55. The van der Waals surface area contributed by atoms with E-state index in [2.05, 4.69) is 12.2 Å². The molecule has 4 heteroatoms. The van der Waals surface area contributed by atoms with Crippen LogP contribution in [0.1, 0.15) is 66.2 Å². The van der Waals surface area contributed by atoms with Gasteiger partial charge in [0.25, 0.3) is 0 Å². The number of nitrogens with one attached hydrogen (secondary N) is 1. The Balaban J connectivity index is 2.63. The Morgan fingerprint density at radius 1 is 1.25 bits per heavy atom. The lowest BCUT2D eigenvalue weighted by molar-refractivity contribution is -0.153. The molecule has 1 rings (SSSR count).